The van der Waals surface area contributed by atoms with Crippen molar-refractivity contribution >= 4 is 39.6 Å². The molecule has 1 aromatic heterocycles. The molecule has 5 aromatic rings. The van der Waals surface area contributed by atoms with Gasteiger partial charge in [-0.05, 0) is 97.8 Å². The smallest absolute Gasteiger partial charge is 0.0781 e. The van der Waals surface area contributed by atoms with Crippen LogP contribution in [-0.4, -0.2) is 4.98 Å². The number of anilines is 3. The normalized spacial score (nSPS) is 12.5. The monoisotopic (exact) mass is 458 g/mol. The van der Waals surface area contributed by atoms with Crippen LogP contribution in [0.1, 0.15) is 22.3 Å². The second-order valence-corrected chi connectivity index (χ2v) is 10.3. The summed E-state index contributed by atoms with van der Waals surface area (Å²) in [6, 6.07) is 28.7. The lowest BCUT2D eigenvalue weighted by molar-refractivity contribution is 1.12. The molecular weight excluding hydrogens is 432 g/mol. The minimum Gasteiger partial charge on any atom is -0.308 e. The highest BCUT2D eigenvalue weighted by Crippen LogP contribution is 2.53. The first-order valence-electron chi connectivity index (χ1n) is 11.6. The summed E-state index contributed by atoms with van der Waals surface area (Å²) in [6.45, 7) is 8.79. The van der Waals surface area contributed by atoms with E-state index in [4.69, 9.17) is 4.98 Å². The van der Waals surface area contributed by atoms with Gasteiger partial charge in [-0.2, -0.15) is 0 Å². The Kier molecular flexibility index (Phi) is 4.96. The number of benzene rings is 4. The number of aryl methyl sites for hydroxylation is 4. The first kappa shape index (κ1) is 21.0. The largest absolute Gasteiger partial charge is 0.308 e. The van der Waals surface area contributed by atoms with Gasteiger partial charge in [0.1, 0.15) is 0 Å². The van der Waals surface area contributed by atoms with Gasteiger partial charge in [0.05, 0.1) is 17.1 Å². The Balaban J connectivity index is 1.58. The van der Waals surface area contributed by atoms with Crippen molar-refractivity contribution in [2.45, 2.75) is 37.5 Å². The van der Waals surface area contributed by atoms with E-state index in [-0.39, 0.29) is 0 Å². The molecule has 6 rings (SSSR count). The lowest BCUT2D eigenvalue weighted by atomic mass is 10.0. The third-order valence-electron chi connectivity index (χ3n) is 6.90. The van der Waals surface area contributed by atoms with Crippen LogP contribution in [0.5, 0.6) is 0 Å². The van der Waals surface area contributed by atoms with Gasteiger partial charge in [-0.25, -0.2) is 0 Å². The van der Waals surface area contributed by atoms with Crippen molar-refractivity contribution in [2.75, 3.05) is 4.90 Å². The lowest BCUT2D eigenvalue weighted by Gasteiger charge is -2.34. The number of fused-ring (bicyclic) bond motifs is 3. The summed E-state index contributed by atoms with van der Waals surface area (Å²) in [5.41, 5.74) is 11.1. The molecule has 0 amide bonds. The second-order valence-electron chi connectivity index (χ2n) is 9.18. The van der Waals surface area contributed by atoms with E-state index in [2.05, 4.69) is 111 Å². The van der Waals surface area contributed by atoms with Gasteiger partial charge in [-0.1, -0.05) is 48.2 Å². The highest BCUT2D eigenvalue weighted by Gasteiger charge is 2.26. The minimum atomic E-state index is 1.02. The summed E-state index contributed by atoms with van der Waals surface area (Å²) in [6.07, 6.45) is 1.91. The Bertz CT molecular complexity index is 1520. The fourth-order valence-electron chi connectivity index (χ4n) is 4.73. The van der Waals surface area contributed by atoms with Gasteiger partial charge in [-0.15, -0.1) is 0 Å². The van der Waals surface area contributed by atoms with Crippen LogP contribution in [0.4, 0.5) is 17.1 Å². The molecule has 4 aromatic carbocycles. The van der Waals surface area contributed by atoms with E-state index in [0.717, 1.165) is 16.9 Å². The zero-order valence-electron chi connectivity index (χ0n) is 19.9. The molecule has 0 bridgehead atoms. The van der Waals surface area contributed by atoms with Gasteiger partial charge >= 0.3 is 0 Å². The standard InChI is InChI=1S/C31H26N2S/c1-19-14-27-29(16-21(19)3)34-30-17-22(4)20(2)15-28(30)33(27)25-10-7-9-24(18-25)31-26-11-6-5-8-23(26)12-13-32-31/h5-18H,1-4H3. The molecule has 0 saturated carbocycles. The summed E-state index contributed by atoms with van der Waals surface area (Å²) in [4.78, 5) is 9.80. The van der Waals surface area contributed by atoms with E-state index in [1.807, 2.05) is 18.0 Å². The Morgan fingerprint density at radius 3 is 2.00 bits per heavy atom. The quantitative estimate of drug-likeness (QED) is 0.257. The zero-order chi connectivity index (χ0) is 23.4. The van der Waals surface area contributed by atoms with E-state index in [1.165, 1.54) is 54.2 Å². The van der Waals surface area contributed by atoms with E-state index >= 15 is 0 Å². The number of rotatable bonds is 2. The van der Waals surface area contributed by atoms with Gasteiger partial charge in [0, 0.05) is 32.6 Å². The van der Waals surface area contributed by atoms with Crippen molar-refractivity contribution in [3.63, 3.8) is 0 Å². The van der Waals surface area contributed by atoms with Crippen LogP contribution in [0.25, 0.3) is 22.0 Å². The molecule has 1 aliphatic rings. The molecule has 0 atom stereocenters. The van der Waals surface area contributed by atoms with Crippen molar-refractivity contribution < 1.29 is 0 Å². The van der Waals surface area contributed by atoms with Gasteiger partial charge in [0.2, 0.25) is 0 Å². The zero-order valence-corrected chi connectivity index (χ0v) is 20.7. The third-order valence-corrected chi connectivity index (χ3v) is 8.00. The summed E-state index contributed by atoms with van der Waals surface area (Å²) in [7, 11) is 0. The molecule has 166 valence electrons. The fourth-order valence-corrected chi connectivity index (χ4v) is 5.95. The van der Waals surface area contributed by atoms with Crippen molar-refractivity contribution in [1.82, 2.24) is 4.98 Å². The lowest BCUT2D eigenvalue weighted by Crippen LogP contribution is -2.16. The molecule has 0 aliphatic carbocycles. The third kappa shape index (κ3) is 3.39. The Morgan fingerprint density at radius 1 is 0.647 bits per heavy atom. The van der Waals surface area contributed by atoms with E-state index < -0.39 is 0 Å². The van der Waals surface area contributed by atoms with Gasteiger partial charge in [0.25, 0.3) is 0 Å². The van der Waals surface area contributed by atoms with Crippen molar-refractivity contribution in [3.05, 3.63) is 107 Å². The number of hydrogen-bond acceptors (Lipinski definition) is 3. The first-order valence-corrected chi connectivity index (χ1v) is 12.5. The predicted molar refractivity (Wildman–Crippen MR) is 145 cm³/mol. The minimum absolute atomic E-state index is 1.02. The topological polar surface area (TPSA) is 16.1 Å². The van der Waals surface area contributed by atoms with Crippen molar-refractivity contribution in [2.24, 2.45) is 0 Å². The van der Waals surface area contributed by atoms with E-state index in [0.29, 0.717) is 0 Å². The number of pyridine rings is 1. The molecule has 2 heterocycles. The van der Waals surface area contributed by atoms with Crippen molar-refractivity contribution in [1.29, 1.82) is 0 Å². The molecule has 0 saturated heterocycles. The maximum Gasteiger partial charge on any atom is 0.0781 e. The summed E-state index contributed by atoms with van der Waals surface area (Å²) < 4.78 is 0. The molecule has 0 N–H and O–H groups in total. The maximum absolute atomic E-state index is 4.78. The molecule has 1 aliphatic heterocycles. The summed E-state index contributed by atoms with van der Waals surface area (Å²) in [5, 5.41) is 2.38. The number of nitrogens with zero attached hydrogens (tertiary/aromatic N) is 2. The van der Waals surface area contributed by atoms with Crippen LogP contribution in [0, 0.1) is 27.7 Å². The average Bonchev–Trinajstić information content (AvgIpc) is 2.84. The predicted octanol–water partition coefficient (Wildman–Crippen LogP) is 9.07. The SMILES string of the molecule is Cc1cc2c(cc1C)N(c1cccc(-c3nccc4ccccc34)c1)c1cc(C)c(C)cc1S2. The highest BCUT2D eigenvalue weighted by atomic mass is 32.2. The molecule has 3 heteroatoms. The Labute approximate surface area is 205 Å². The molecule has 0 unspecified atom stereocenters. The Hall–Kier alpha value is -3.56. The van der Waals surface area contributed by atoms with Crippen LogP contribution in [0.2, 0.25) is 0 Å². The van der Waals surface area contributed by atoms with E-state index in [1.54, 1.807) is 0 Å². The van der Waals surface area contributed by atoms with Crippen molar-refractivity contribution in [3.8, 4) is 11.3 Å². The summed E-state index contributed by atoms with van der Waals surface area (Å²) >= 11 is 1.88. The molecule has 2 nitrogen and oxygen atoms in total. The second kappa shape index (κ2) is 8.03. The first-order chi connectivity index (χ1) is 16.5. The van der Waals surface area contributed by atoms with E-state index in [9.17, 15) is 0 Å². The molecule has 34 heavy (non-hydrogen) atoms. The molecule has 0 radical (unpaired) electrons. The maximum atomic E-state index is 4.78. The molecule has 0 fully saturated rings. The van der Waals surface area contributed by atoms with Crippen LogP contribution in [-0.2, 0) is 0 Å². The number of aromatic nitrogens is 1. The molecular formula is C31H26N2S. The average molecular weight is 459 g/mol. The van der Waals surface area contributed by atoms with Gasteiger partial charge in [-0.3, -0.25) is 4.98 Å². The highest BCUT2D eigenvalue weighted by molar-refractivity contribution is 7.99. The summed E-state index contributed by atoms with van der Waals surface area (Å²) in [5.74, 6) is 0. The Morgan fingerprint density at radius 2 is 1.29 bits per heavy atom. The molecule has 0 spiro atoms. The van der Waals surface area contributed by atoms with Gasteiger partial charge in [0.15, 0.2) is 0 Å². The van der Waals surface area contributed by atoms with Gasteiger partial charge < -0.3 is 4.90 Å². The van der Waals surface area contributed by atoms with Crippen LogP contribution >= 0.6 is 11.8 Å². The van der Waals surface area contributed by atoms with Crippen LogP contribution < -0.4 is 4.90 Å². The number of hydrogen-bond donors (Lipinski definition) is 0. The van der Waals surface area contributed by atoms with Crippen LogP contribution in [0.3, 0.4) is 0 Å². The fraction of sp³-hybridized carbons (Fsp3) is 0.129. The van der Waals surface area contributed by atoms with Crippen LogP contribution in [0.15, 0.2) is 94.9 Å².